The van der Waals surface area contributed by atoms with Crippen molar-refractivity contribution in [2.75, 3.05) is 13.2 Å². The van der Waals surface area contributed by atoms with Crippen LogP contribution in [0.5, 0.6) is 0 Å². The minimum Gasteiger partial charge on any atom is -0.387 e. The van der Waals surface area contributed by atoms with E-state index in [-0.39, 0.29) is 6.61 Å². The first-order valence-corrected chi connectivity index (χ1v) is 8.85. The maximum absolute atomic E-state index is 10.1. The molecule has 26 heavy (non-hydrogen) atoms. The molecule has 13 nitrogen and oxygen atoms in total. The Balaban J connectivity index is 1.70. The predicted octanol–water partition coefficient (Wildman–Crippen LogP) is -4.80. The Kier molecular flexibility index (Phi) is 6.14. The maximum atomic E-state index is 10.1. The summed E-state index contributed by atoms with van der Waals surface area (Å²) in [5.74, 6) is -2.78. The zero-order valence-electron chi connectivity index (χ0n) is 13.2. The van der Waals surface area contributed by atoms with E-state index >= 15 is 0 Å². The van der Waals surface area contributed by atoms with Gasteiger partial charge in [-0.25, -0.2) is 0 Å². The molecule has 0 aromatic rings. The van der Waals surface area contributed by atoms with E-state index in [1.54, 1.807) is 0 Å². The van der Waals surface area contributed by atoms with E-state index < -0.39 is 76.3 Å². The standard InChI is InChI=1S/C12H21O13P/c13-5-3(2-22-26(19)20)23-10(7(15)6(5)14)25-8-4-1-21-9(8)12(17,18)11(16)24-4/h3-11,13-20H,1-2H2/t3?,4?,5-,6?,7-,8+,9?,10-,11+/m0/s1. The zero-order valence-corrected chi connectivity index (χ0v) is 14.1. The molecule has 152 valence electrons. The van der Waals surface area contributed by atoms with Crippen LogP contribution in [-0.4, -0.2) is 115 Å². The first kappa shape index (κ1) is 20.6. The van der Waals surface area contributed by atoms with E-state index in [2.05, 4.69) is 4.52 Å². The lowest BCUT2D eigenvalue weighted by atomic mass is 9.97. The van der Waals surface area contributed by atoms with Crippen molar-refractivity contribution in [1.29, 1.82) is 0 Å². The molecule has 3 fully saturated rings. The molecule has 0 aromatic heterocycles. The van der Waals surface area contributed by atoms with Gasteiger partial charge in [0.05, 0.1) is 13.2 Å². The van der Waals surface area contributed by atoms with E-state index in [9.17, 15) is 30.6 Å². The van der Waals surface area contributed by atoms with E-state index in [4.69, 9.17) is 28.7 Å². The molecule has 0 spiro atoms. The summed E-state index contributed by atoms with van der Waals surface area (Å²) < 4.78 is 25.5. The number of aliphatic hydroxyl groups excluding tert-OH is 4. The summed E-state index contributed by atoms with van der Waals surface area (Å²) >= 11 is 0. The van der Waals surface area contributed by atoms with Crippen molar-refractivity contribution in [3.05, 3.63) is 0 Å². The Morgan fingerprint density at radius 1 is 1.00 bits per heavy atom. The van der Waals surface area contributed by atoms with Crippen molar-refractivity contribution in [3.8, 4) is 0 Å². The molecule has 14 heteroatoms. The van der Waals surface area contributed by atoms with Crippen LogP contribution in [0.4, 0.5) is 0 Å². The Morgan fingerprint density at radius 3 is 2.35 bits per heavy atom. The molecule has 3 rings (SSSR count). The minimum atomic E-state index is -2.78. The summed E-state index contributed by atoms with van der Waals surface area (Å²) in [6.07, 6.45) is -13.3. The molecule has 3 aliphatic heterocycles. The second kappa shape index (κ2) is 7.73. The number of rotatable bonds is 5. The van der Waals surface area contributed by atoms with Gasteiger partial charge in [0.2, 0.25) is 12.1 Å². The lowest BCUT2D eigenvalue weighted by molar-refractivity contribution is -0.391. The minimum absolute atomic E-state index is 0.130. The normalized spacial score (nSPS) is 48.1. The van der Waals surface area contributed by atoms with Crippen LogP contribution in [0.3, 0.4) is 0 Å². The van der Waals surface area contributed by atoms with Crippen LogP contribution >= 0.6 is 8.60 Å². The zero-order chi connectivity index (χ0) is 19.2. The van der Waals surface area contributed by atoms with E-state index in [0.717, 1.165) is 0 Å². The van der Waals surface area contributed by atoms with Crippen LogP contribution in [0, 0.1) is 0 Å². The fourth-order valence-electron chi connectivity index (χ4n) is 3.09. The Morgan fingerprint density at radius 2 is 1.69 bits per heavy atom. The number of hydrogen-bond acceptors (Lipinski definition) is 13. The fourth-order valence-corrected chi connectivity index (χ4v) is 3.37. The third kappa shape index (κ3) is 3.74. The van der Waals surface area contributed by atoms with Gasteiger partial charge < -0.3 is 63.9 Å². The van der Waals surface area contributed by atoms with Crippen LogP contribution in [0.15, 0.2) is 0 Å². The van der Waals surface area contributed by atoms with Gasteiger partial charge in [-0.05, 0) is 0 Å². The molecule has 3 aliphatic rings. The topological polar surface area (TPSA) is 208 Å². The molecule has 0 amide bonds. The highest BCUT2D eigenvalue weighted by Gasteiger charge is 2.61. The van der Waals surface area contributed by atoms with Gasteiger partial charge in [0.1, 0.15) is 42.7 Å². The van der Waals surface area contributed by atoms with Crippen molar-refractivity contribution in [1.82, 2.24) is 0 Å². The fraction of sp³-hybridized carbons (Fsp3) is 1.00. The van der Waals surface area contributed by atoms with Gasteiger partial charge in [-0.15, -0.1) is 0 Å². The van der Waals surface area contributed by atoms with Crippen molar-refractivity contribution >= 4 is 8.60 Å². The van der Waals surface area contributed by atoms with Crippen molar-refractivity contribution in [2.24, 2.45) is 0 Å². The highest BCUT2D eigenvalue weighted by molar-refractivity contribution is 7.39. The third-order valence-corrected chi connectivity index (χ3v) is 4.88. The monoisotopic (exact) mass is 404 g/mol. The molecule has 0 radical (unpaired) electrons. The molecule has 4 unspecified atom stereocenters. The SMILES string of the molecule is OC1[C@@H](O)C(COP(O)O)O[C@@H](O[C@@H]2C3COC2C(O)(O)[C@H](O)O3)[C@H]1O. The quantitative estimate of drug-likeness (QED) is 0.160. The van der Waals surface area contributed by atoms with Gasteiger partial charge in [0.15, 0.2) is 6.29 Å². The molecule has 3 saturated heterocycles. The number of ether oxygens (including phenoxy) is 4. The molecular weight excluding hydrogens is 383 g/mol. The van der Waals surface area contributed by atoms with Gasteiger partial charge in [0, 0.05) is 0 Å². The molecule has 2 bridgehead atoms. The van der Waals surface area contributed by atoms with E-state index in [0.29, 0.717) is 0 Å². The second-order valence-corrected chi connectivity index (χ2v) is 6.99. The van der Waals surface area contributed by atoms with Gasteiger partial charge in [-0.3, -0.25) is 0 Å². The van der Waals surface area contributed by atoms with Crippen LogP contribution in [-0.2, 0) is 23.5 Å². The molecule has 0 aromatic carbocycles. The summed E-state index contributed by atoms with van der Waals surface area (Å²) in [6.45, 7) is -0.647. The smallest absolute Gasteiger partial charge is 0.327 e. The number of aliphatic hydroxyl groups is 6. The molecule has 9 atom stereocenters. The van der Waals surface area contributed by atoms with Crippen molar-refractivity contribution in [2.45, 2.75) is 61.1 Å². The van der Waals surface area contributed by atoms with Gasteiger partial charge >= 0.3 is 8.60 Å². The third-order valence-electron chi connectivity index (χ3n) is 4.50. The molecular formula is C12H21O13P. The number of hydrogen-bond donors (Lipinski definition) is 8. The highest BCUT2D eigenvalue weighted by Crippen LogP contribution is 2.38. The summed E-state index contributed by atoms with van der Waals surface area (Å²) in [7, 11) is -2.73. The van der Waals surface area contributed by atoms with Crippen LogP contribution < -0.4 is 0 Å². The summed E-state index contributed by atoms with van der Waals surface area (Å²) in [5.41, 5.74) is 0. The van der Waals surface area contributed by atoms with Crippen molar-refractivity contribution in [3.63, 3.8) is 0 Å². The van der Waals surface area contributed by atoms with Gasteiger partial charge in [0.25, 0.3) is 0 Å². The second-order valence-electron chi connectivity index (χ2n) is 6.23. The van der Waals surface area contributed by atoms with Crippen LogP contribution in [0.1, 0.15) is 0 Å². The Hall–Kier alpha value is -0.0900. The van der Waals surface area contributed by atoms with Crippen molar-refractivity contribution < 1.29 is 63.9 Å². The lowest BCUT2D eigenvalue weighted by Gasteiger charge is -2.45. The average Bonchev–Trinajstić information content (AvgIpc) is 2.91. The van der Waals surface area contributed by atoms with E-state index in [1.165, 1.54) is 0 Å². The van der Waals surface area contributed by atoms with Gasteiger partial charge in [-0.1, -0.05) is 0 Å². The average molecular weight is 404 g/mol. The first-order valence-electron chi connectivity index (χ1n) is 7.68. The predicted molar refractivity (Wildman–Crippen MR) is 76.7 cm³/mol. The maximum Gasteiger partial charge on any atom is 0.327 e. The summed E-state index contributed by atoms with van der Waals surface area (Å²) in [5, 5.41) is 59.2. The molecule has 0 saturated carbocycles. The lowest BCUT2D eigenvalue weighted by Crippen LogP contribution is -2.66. The van der Waals surface area contributed by atoms with Crippen LogP contribution in [0.2, 0.25) is 0 Å². The Bertz CT molecular complexity index is 492. The Labute approximate surface area is 147 Å². The summed E-state index contributed by atoms with van der Waals surface area (Å²) in [4.78, 5) is 17.6. The molecule has 3 heterocycles. The molecule has 0 aliphatic carbocycles. The van der Waals surface area contributed by atoms with E-state index in [1.807, 2.05) is 0 Å². The summed E-state index contributed by atoms with van der Waals surface area (Å²) in [6, 6.07) is 0. The van der Waals surface area contributed by atoms with Gasteiger partial charge in [-0.2, -0.15) is 0 Å². The molecule has 8 N–H and O–H groups in total. The highest BCUT2D eigenvalue weighted by atomic mass is 31.2. The largest absolute Gasteiger partial charge is 0.387 e. The number of fused-ring (bicyclic) bond motifs is 2. The van der Waals surface area contributed by atoms with Crippen LogP contribution in [0.25, 0.3) is 0 Å². The first-order chi connectivity index (χ1) is 12.1.